The van der Waals surface area contributed by atoms with Gasteiger partial charge in [0.15, 0.2) is 11.6 Å². The average Bonchev–Trinajstić information content (AvgIpc) is 2.81. The van der Waals surface area contributed by atoms with Gasteiger partial charge in [-0.2, -0.15) is 0 Å². The fraction of sp³-hybridized carbons (Fsp3) is 0. The van der Waals surface area contributed by atoms with Crippen LogP contribution in [0, 0.1) is 0 Å². The maximum Gasteiger partial charge on any atom is 0.348 e. The van der Waals surface area contributed by atoms with E-state index in [4.69, 9.17) is 4.42 Å². The molecular weight excluding hydrogens is 388 g/mol. The first kappa shape index (κ1) is 20.0. The lowest BCUT2D eigenvalue weighted by molar-refractivity contribution is 0.101. The fourth-order valence-corrected chi connectivity index (χ4v) is 3.27. The predicted molar refractivity (Wildman–Crippen MR) is 122 cm³/mol. The Bertz CT molecular complexity index is 1360. The van der Waals surface area contributed by atoms with Crippen LogP contribution in [0.15, 0.2) is 106 Å². The van der Waals surface area contributed by atoms with Crippen LogP contribution in [0.25, 0.3) is 23.1 Å². The van der Waals surface area contributed by atoms with Crippen molar-refractivity contribution < 1.29 is 14.0 Å². The van der Waals surface area contributed by atoms with Gasteiger partial charge in [0.05, 0.1) is 5.56 Å². The van der Waals surface area contributed by atoms with Gasteiger partial charge in [-0.05, 0) is 29.3 Å². The highest BCUT2D eigenvalue weighted by Crippen LogP contribution is 2.22. The molecule has 1 aromatic heterocycles. The molecule has 4 aromatic rings. The first-order valence-electron chi connectivity index (χ1n) is 9.74. The summed E-state index contributed by atoms with van der Waals surface area (Å²) in [5.41, 5.74) is 0.832. The standard InChI is InChI=1S/C27H18O4/c28-22(17-15-19-9-3-1-4-10-19)25-21-13-7-8-14-24(21)31-27(30)26(25)23(29)18-16-20-11-5-2-6-12-20/h1-18H/b17-15?,18-16+. The lowest BCUT2D eigenvalue weighted by Crippen LogP contribution is -2.19. The molecule has 0 saturated heterocycles. The number of allylic oxidation sites excluding steroid dienone is 2. The van der Waals surface area contributed by atoms with E-state index in [1.165, 1.54) is 12.2 Å². The summed E-state index contributed by atoms with van der Waals surface area (Å²) >= 11 is 0. The van der Waals surface area contributed by atoms with Crippen LogP contribution < -0.4 is 5.63 Å². The van der Waals surface area contributed by atoms with Crippen LogP contribution in [0.3, 0.4) is 0 Å². The van der Waals surface area contributed by atoms with Crippen molar-refractivity contribution in [2.75, 3.05) is 0 Å². The number of fused-ring (bicyclic) bond motifs is 1. The predicted octanol–water partition coefficient (Wildman–Crippen LogP) is 5.59. The monoisotopic (exact) mass is 406 g/mol. The Labute approximate surface area is 178 Å². The Kier molecular flexibility index (Phi) is 5.81. The molecule has 0 fully saturated rings. The van der Waals surface area contributed by atoms with Gasteiger partial charge in [0.1, 0.15) is 11.1 Å². The average molecular weight is 406 g/mol. The van der Waals surface area contributed by atoms with Crippen molar-refractivity contribution in [2.24, 2.45) is 0 Å². The van der Waals surface area contributed by atoms with Gasteiger partial charge in [0.25, 0.3) is 0 Å². The van der Waals surface area contributed by atoms with Crippen LogP contribution in [0.4, 0.5) is 0 Å². The third-order valence-corrected chi connectivity index (χ3v) is 4.76. The van der Waals surface area contributed by atoms with Gasteiger partial charge in [-0.1, -0.05) is 91.0 Å². The van der Waals surface area contributed by atoms with Crippen LogP contribution in [0.1, 0.15) is 31.8 Å². The minimum absolute atomic E-state index is 0.0433. The molecule has 4 nitrogen and oxygen atoms in total. The molecule has 31 heavy (non-hydrogen) atoms. The lowest BCUT2D eigenvalue weighted by Gasteiger charge is -2.07. The molecule has 0 radical (unpaired) electrons. The van der Waals surface area contributed by atoms with Gasteiger partial charge >= 0.3 is 5.63 Å². The van der Waals surface area contributed by atoms with Crippen molar-refractivity contribution in [3.8, 4) is 0 Å². The first-order chi connectivity index (χ1) is 15.1. The summed E-state index contributed by atoms with van der Waals surface area (Å²) in [5, 5.41) is 0.418. The van der Waals surface area contributed by atoms with E-state index in [1.807, 2.05) is 60.7 Å². The number of carbonyl (C=O) groups is 2. The number of para-hydroxylation sites is 1. The highest BCUT2D eigenvalue weighted by Gasteiger charge is 2.23. The van der Waals surface area contributed by atoms with Gasteiger partial charge in [-0.3, -0.25) is 9.59 Å². The molecule has 150 valence electrons. The van der Waals surface area contributed by atoms with Crippen LogP contribution in [0.5, 0.6) is 0 Å². The Morgan fingerprint density at radius 2 is 1.10 bits per heavy atom. The molecule has 0 aliphatic heterocycles. The third kappa shape index (κ3) is 4.49. The second-order valence-electron chi connectivity index (χ2n) is 6.85. The fourth-order valence-electron chi connectivity index (χ4n) is 3.27. The molecule has 0 unspecified atom stereocenters. The smallest absolute Gasteiger partial charge is 0.348 e. The highest BCUT2D eigenvalue weighted by molar-refractivity contribution is 6.22. The molecule has 4 rings (SSSR count). The summed E-state index contributed by atoms with van der Waals surface area (Å²) in [6, 6.07) is 25.2. The summed E-state index contributed by atoms with van der Waals surface area (Å²) < 4.78 is 5.33. The zero-order valence-corrected chi connectivity index (χ0v) is 16.5. The number of carbonyl (C=O) groups excluding carboxylic acids is 2. The quantitative estimate of drug-likeness (QED) is 0.238. The molecule has 0 atom stereocenters. The molecule has 0 N–H and O–H groups in total. The van der Waals surface area contributed by atoms with Crippen molar-refractivity contribution >= 4 is 34.7 Å². The summed E-state index contributed by atoms with van der Waals surface area (Å²) in [7, 11) is 0. The Hall–Kier alpha value is -4.31. The van der Waals surface area contributed by atoms with Gasteiger partial charge in [-0.15, -0.1) is 0 Å². The first-order valence-corrected chi connectivity index (χ1v) is 9.74. The second-order valence-corrected chi connectivity index (χ2v) is 6.85. The number of benzene rings is 3. The van der Waals surface area contributed by atoms with Gasteiger partial charge in [-0.25, -0.2) is 4.79 Å². The van der Waals surface area contributed by atoms with Gasteiger partial charge in [0, 0.05) is 5.39 Å². The van der Waals surface area contributed by atoms with E-state index in [2.05, 4.69) is 0 Å². The number of hydrogen-bond acceptors (Lipinski definition) is 4. The van der Waals surface area contributed by atoms with Crippen molar-refractivity contribution in [1.29, 1.82) is 0 Å². The molecular formula is C27H18O4. The minimum Gasteiger partial charge on any atom is -0.422 e. The van der Waals surface area contributed by atoms with Crippen LogP contribution >= 0.6 is 0 Å². The highest BCUT2D eigenvalue weighted by atomic mass is 16.4. The minimum atomic E-state index is -0.835. The normalized spacial score (nSPS) is 11.4. The van der Waals surface area contributed by atoms with E-state index < -0.39 is 17.2 Å². The molecule has 4 heteroatoms. The van der Waals surface area contributed by atoms with Crippen LogP contribution in [-0.2, 0) is 0 Å². The Balaban J connectivity index is 1.81. The summed E-state index contributed by atoms with van der Waals surface area (Å²) in [4.78, 5) is 38.8. The van der Waals surface area contributed by atoms with E-state index >= 15 is 0 Å². The zero-order valence-electron chi connectivity index (χ0n) is 16.5. The lowest BCUT2D eigenvalue weighted by atomic mass is 9.96. The van der Waals surface area contributed by atoms with Crippen LogP contribution in [-0.4, -0.2) is 11.6 Å². The van der Waals surface area contributed by atoms with E-state index in [-0.39, 0.29) is 16.7 Å². The molecule has 0 aliphatic carbocycles. The number of rotatable bonds is 6. The maximum absolute atomic E-state index is 13.1. The zero-order chi connectivity index (χ0) is 21.6. The topological polar surface area (TPSA) is 64.3 Å². The second kappa shape index (κ2) is 9.01. The van der Waals surface area contributed by atoms with Gasteiger partial charge in [0.2, 0.25) is 0 Å². The van der Waals surface area contributed by atoms with Crippen molar-refractivity contribution in [3.63, 3.8) is 0 Å². The van der Waals surface area contributed by atoms with E-state index in [9.17, 15) is 14.4 Å². The number of hydrogen-bond donors (Lipinski definition) is 0. The number of ketones is 2. The van der Waals surface area contributed by atoms with E-state index in [1.54, 1.807) is 36.4 Å². The van der Waals surface area contributed by atoms with Crippen molar-refractivity contribution in [3.05, 3.63) is 130 Å². The summed E-state index contributed by atoms with van der Waals surface area (Å²) in [6.07, 6.45) is 5.91. The largest absolute Gasteiger partial charge is 0.422 e. The van der Waals surface area contributed by atoms with Gasteiger partial charge < -0.3 is 4.42 Å². The Morgan fingerprint density at radius 3 is 1.68 bits per heavy atom. The molecule has 0 saturated carbocycles. The molecule has 1 heterocycles. The molecule has 0 spiro atoms. The Morgan fingerprint density at radius 1 is 0.613 bits per heavy atom. The molecule has 0 amide bonds. The van der Waals surface area contributed by atoms with E-state index in [0.29, 0.717) is 5.39 Å². The summed E-state index contributed by atoms with van der Waals surface area (Å²) in [5.74, 6) is -1.02. The van der Waals surface area contributed by atoms with Crippen molar-refractivity contribution in [2.45, 2.75) is 0 Å². The SMILES string of the molecule is O=C(/C=C/c1ccccc1)c1c(C(=O)C=Cc2ccccc2)c2ccccc2oc1=O. The van der Waals surface area contributed by atoms with Crippen molar-refractivity contribution in [1.82, 2.24) is 0 Å². The van der Waals surface area contributed by atoms with Crippen LogP contribution in [0.2, 0.25) is 0 Å². The summed E-state index contributed by atoms with van der Waals surface area (Å²) in [6.45, 7) is 0. The molecule has 3 aromatic carbocycles. The van der Waals surface area contributed by atoms with E-state index in [0.717, 1.165) is 11.1 Å². The molecule has 0 aliphatic rings. The molecule has 0 bridgehead atoms. The third-order valence-electron chi connectivity index (χ3n) is 4.76. The maximum atomic E-state index is 13.1.